The third kappa shape index (κ3) is 2.26. The molecule has 1 unspecified atom stereocenters. The van der Waals surface area contributed by atoms with Crippen LogP contribution in [0.15, 0.2) is 12.1 Å². The number of aliphatic hydroxyl groups excluding tert-OH is 1. The molecule has 0 radical (unpaired) electrons. The number of anilines is 1. The first-order valence-corrected chi connectivity index (χ1v) is 6.18. The lowest BCUT2D eigenvalue weighted by Crippen LogP contribution is -2.21. The molecule has 86 valence electrons. The highest BCUT2D eigenvalue weighted by Gasteiger charge is 2.09. The predicted octanol–water partition coefficient (Wildman–Crippen LogP) is 2.01. The van der Waals surface area contributed by atoms with Crippen LogP contribution < -0.4 is 5.32 Å². The largest absolute Gasteiger partial charge is 0.390 e. The van der Waals surface area contributed by atoms with Gasteiger partial charge < -0.3 is 10.4 Å². The number of aliphatic hydroxyl groups is 1. The van der Waals surface area contributed by atoms with Crippen LogP contribution in [0.1, 0.15) is 5.56 Å². The molecule has 0 aliphatic heterocycles. The van der Waals surface area contributed by atoms with Crippen molar-refractivity contribution in [2.75, 3.05) is 17.7 Å². The molecule has 0 amide bonds. The molecule has 0 spiro atoms. The van der Waals surface area contributed by atoms with E-state index in [0.717, 1.165) is 22.3 Å². The minimum Gasteiger partial charge on any atom is -0.390 e. The predicted molar refractivity (Wildman–Crippen MR) is 67.4 cm³/mol. The van der Waals surface area contributed by atoms with Gasteiger partial charge in [0.15, 0.2) is 0 Å². The molecule has 0 aliphatic rings. The van der Waals surface area contributed by atoms with Crippen LogP contribution in [0, 0.1) is 6.92 Å². The summed E-state index contributed by atoms with van der Waals surface area (Å²) in [6, 6.07) is 3.93. The van der Waals surface area contributed by atoms with Crippen LogP contribution in [-0.2, 0) is 0 Å². The van der Waals surface area contributed by atoms with Crippen LogP contribution in [0.5, 0.6) is 0 Å². The molecule has 1 atom stereocenters. The van der Waals surface area contributed by atoms with Gasteiger partial charge in [-0.25, -0.2) is 0 Å². The van der Waals surface area contributed by atoms with Gasteiger partial charge >= 0.3 is 0 Å². The molecule has 16 heavy (non-hydrogen) atoms. The quantitative estimate of drug-likeness (QED) is 0.823. The van der Waals surface area contributed by atoms with Crippen molar-refractivity contribution in [3.05, 3.63) is 17.7 Å². The normalized spacial score (nSPS) is 12.9. The minimum absolute atomic E-state index is 0.220. The van der Waals surface area contributed by atoms with E-state index in [0.29, 0.717) is 6.54 Å². The third-order valence-corrected chi connectivity index (χ3v) is 3.23. The number of aryl methyl sites for hydroxylation is 1. The van der Waals surface area contributed by atoms with Gasteiger partial charge in [-0.3, -0.25) is 0 Å². The molecule has 0 fully saturated rings. The number of halogens is 1. The average Bonchev–Trinajstić information content (AvgIpc) is 2.75. The van der Waals surface area contributed by atoms with E-state index in [1.165, 1.54) is 11.7 Å². The summed E-state index contributed by atoms with van der Waals surface area (Å²) in [5.74, 6) is 0.220. The second kappa shape index (κ2) is 4.95. The Labute approximate surface area is 103 Å². The maximum absolute atomic E-state index is 9.40. The number of hydrogen-bond acceptors (Lipinski definition) is 5. The lowest BCUT2D eigenvalue weighted by Gasteiger charge is -2.12. The number of rotatable bonds is 4. The highest BCUT2D eigenvalue weighted by Crippen LogP contribution is 2.25. The van der Waals surface area contributed by atoms with Gasteiger partial charge in [-0.05, 0) is 18.6 Å². The van der Waals surface area contributed by atoms with Crippen LogP contribution in [0.3, 0.4) is 0 Å². The summed E-state index contributed by atoms with van der Waals surface area (Å²) in [5, 5.41) is 12.6. The Morgan fingerprint density at radius 3 is 3.06 bits per heavy atom. The second-order valence-electron chi connectivity index (χ2n) is 3.58. The zero-order valence-corrected chi connectivity index (χ0v) is 10.3. The fraction of sp³-hybridized carbons (Fsp3) is 0.400. The zero-order chi connectivity index (χ0) is 11.5. The Kier molecular flexibility index (Phi) is 3.58. The standard InChI is InChI=1S/C10H12ClN3OS/c1-6-2-3-8-10(14-16-13-8)9(6)12-5-7(15)4-11/h2-3,7,12,15H,4-5H2,1H3. The minimum atomic E-state index is -0.553. The van der Waals surface area contributed by atoms with E-state index < -0.39 is 6.10 Å². The maximum Gasteiger partial charge on any atom is 0.128 e. The van der Waals surface area contributed by atoms with Crippen molar-refractivity contribution in [2.45, 2.75) is 13.0 Å². The summed E-state index contributed by atoms with van der Waals surface area (Å²) in [7, 11) is 0. The molecule has 0 bridgehead atoms. The number of nitrogens with zero attached hydrogens (tertiary/aromatic N) is 2. The fourth-order valence-electron chi connectivity index (χ4n) is 1.45. The van der Waals surface area contributed by atoms with Crippen molar-refractivity contribution in [3.63, 3.8) is 0 Å². The van der Waals surface area contributed by atoms with Crippen LogP contribution in [-0.4, -0.2) is 32.4 Å². The van der Waals surface area contributed by atoms with E-state index in [4.69, 9.17) is 11.6 Å². The summed E-state index contributed by atoms with van der Waals surface area (Å²) < 4.78 is 8.41. The number of benzene rings is 1. The molecule has 6 heteroatoms. The molecule has 1 aromatic heterocycles. The van der Waals surface area contributed by atoms with E-state index in [1.54, 1.807) is 0 Å². The first-order valence-electron chi connectivity index (χ1n) is 4.92. The third-order valence-electron chi connectivity index (χ3n) is 2.33. The lowest BCUT2D eigenvalue weighted by molar-refractivity contribution is 0.211. The number of nitrogens with one attached hydrogen (secondary N) is 1. The first-order chi connectivity index (χ1) is 7.72. The highest BCUT2D eigenvalue weighted by molar-refractivity contribution is 7.00. The van der Waals surface area contributed by atoms with E-state index >= 15 is 0 Å². The smallest absolute Gasteiger partial charge is 0.128 e. The molecule has 2 rings (SSSR count). The van der Waals surface area contributed by atoms with Gasteiger partial charge in [-0.2, -0.15) is 8.75 Å². The molecule has 0 saturated carbocycles. The Balaban J connectivity index is 2.27. The topological polar surface area (TPSA) is 58.0 Å². The molecule has 2 aromatic rings. The Morgan fingerprint density at radius 1 is 1.50 bits per heavy atom. The Morgan fingerprint density at radius 2 is 2.31 bits per heavy atom. The molecular weight excluding hydrogens is 246 g/mol. The summed E-state index contributed by atoms with van der Waals surface area (Å²) in [4.78, 5) is 0. The van der Waals surface area contributed by atoms with Gasteiger partial charge in [0.1, 0.15) is 11.0 Å². The van der Waals surface area contributed by atoms with Crippen molar-refractivity contribution in [3.8, 4) is 0 Å². The van der Waals surface area contributed by atoms with Crippen LogP contribution in [0.25, 0.3) is 11.0 Å². The van der Waals surface area contributed by atoms with Gasteiger partial charge in [0, 0.05) is 6.54 Å². The molecule has 1 heterocycles. The Hall–Kier alpha value is -0.910. The number of aromatic nitrogens is 2. The SMILES string of the molecule is Cc1ccc2nsnc2c1NCC(O)CCl. The summed E-state index contributed by atoms with van der Waals surface area (Å²) in [6.45, 7) is 2.41. The highest BCUT2D eigenvalue weighted by atomic mass is 35.5. The second-order valence-corrected chi connectivity index (χ2v) is 4.42. The van der Waals surface area contributed by atoms with Crippen LogP contribution in [0.2, 0.25) is 0 Å². The van der Waals surface area contributed by atoms with E-state index in [2.05, 4.69) is 14.1 Å². The van der Waals surface area contributed by atoms with Gasteiger partial charge in [0.2, 0.25) is 0 Å². The molecule has 1 aromatic carbocycles. The zero-order valence-electron chi connectivity index (χ0n) is 8.77. The van der Waals surface area contributed by atoms with Gasteiger partial charge in [-0.1, -0.05) is 6.07 Å². The van der Waals surface area contributed by atoms with Crippen LogP contribution >= 0.6 is 23.3 Å². The molecule has 4 nitrogen and oxygen atoms in total. The maximum atomic E-state index is 9.40. The number of fused-ring (bicyclic) bond motifs is 1. The van der Waals surface area contributed by atoms with Crippen molar-refractivity contribution in [1.29, 1.82) is 0 Å². The summed E-state index contributed by atoms with van der Waals surface area (Å²) >= 11 is 6.73. The van der Waals surface area contributed by atoms with Crippen molar-refractivity contribution < 1.29 is 5.11 Å². The van der Waals surface area contributed by atoms with Crippen molar-refractivity contribution in [2.24, 2.45) is 0 Å². The Bertz CT molecular complexity index is 488. The monoisotopic (exact) mass is 257 g/mol. The van der Waals surface area contributed by atoms with Gasteiger partial charge in [-0.15, -0.1) is 11.6 Å². The van der Waals surface area contributed by atoms with E-state index in [-0.39, 0.29) is 5.88 Å². The number of alkyl halides is 1. The number of hydrogen-bond donors (Lipinski definition) is 2. The molecule has 0 saturated heterocycles. The fourth-order valence-corrected chi connectivity index (χ4v) is 2.10. The van der Waals surface area contributed by atoms with E-state index in [9.17, 15) is 5.11 Å². The van der Waals surface area contributed by atoms with Gasteiger partial charge in [0.25, 0.3) is 0 Å². The lowest BCUT2D eigenvalue weighted by atomic mass is 10.1. The molecule has 0 aliphatic carbocycles. The van der Waals surface area contributed by atoms with Crippen molar-refractivity contribution >= 4 is 40.0 Å². The van der Waals surface area contributed by atoms with Crippen LogP contribution in [0.4, 0.5) is 5.69 Å². The molecule has 2 N–H and O–H groups in total. The van der Waals surface area contributed by atoms with Gasteiger partial charge in [0.05, 0.1) is 29.4 Å². The first kappa shape index (κ1) is 11.6. The average molecular weight is 258 g/mol. The molecular formula is C10H12ClN3OS. The van der Waals surface area contributed by atoms with E-state index in [1.807, 2.05) is 19.1 Å². The summed E-state index contributed by atoms with van der Waals surface area (Å²) in [6.07, 6.45) is -0.553. The van der Waals surface area contributed by atoms with Crippen molar-refractivity contribution in [1.82, 2.24) is 8.75 Å². The summed E-state index contributed by atoms with van der Waals surface area (Å²) in [5.41, 5.74) is 3.74.